The van der Waals surface area contributed by atoms with Gasteiger partial charge in [0.2, 0.25) is 5.75 Å². The third kappa shape index (κ3) is 5.51. The van der Waals surface area contributed by atoms with E-state index in [2.05, 4.69) is 20.7 Å². The Balaban J connectivity index is 1.60. The van der Waals surface area contributed by atoms with Crippen LogP contribution in [0.4, 0.5) is 0 Å². The number of hydrogen-bond donors (Lipinski definition) is 1. The maximum atomic E-state index is 12.2. The van der Waals surface area contributed by atoms with E-state index in [1.165, 1.54) is 39.3 Å². The Bertz CT molecular complexity index is 1110. The molecule has 11 heteroatoms. The molecule has 0 aliphatic rings. The fraction of sp³-hybridized carbons (Fsp3) is 0.238. The SMILES string of the molecule is COc1cc(/C=N\NC(=O)CSc2nnc(-c3cccc(Cl)c3)n2C)cc(OC)c1OC. The summed E-state index contributed by atoms with van der Waals surface area (Å²) in [6.45, 7) is 0. The molecule has 0 spiro atoms. The number of carbonyl (C=O) groups excluding carboxylic acids is 1. The van der Waals surface area contributed by atoms with E-state index in [-0.39, 0.29) is 11.7 Å². The van der Waals surface area contributed by atoms with Gasteiger partial charge in [-0.2, -0.15) is 5.10 Å². The minimum atomic E-state index is -0.286. The summed E-state index contributed by atoms with van der Waals surface area (Å²) < 4.78 is 17.7. The van der Waals surface area contributed by atoms with Crippen LogP contribution in [0.1, 0.15) is 5.56 Å². The number of halogens is 1. The number of nitrogens with zero attached hydrogens (tertiary/aromatic N) is 4. The zero-order valence-corrected chi connectivity index (χ0v) is 19.5. The van der Waals surface area contributed by atoms with Crippen molar-refractivity contribution in [2.24, 2.45) is 12.1 Å². The van der Waals surface area contributed by atoms with Crippen LogP contribution in [0.3, 0.4) is 0 Å². The smallest absolute Gasteiger partial charge is 0.250 e. The number of hydrogen-bond acceptors (Lipinski definition) is 8. The van der Waals surface area contributed by atoms with E-state index in [4.69, 9.17) is 25.8 Å². The second-order valence-corrected chi connectivity index (χ2v) is 7.80. The molecule has 1 heterocycles. The van der Waals surface area contributed by atoms with Crippen LogP contribution >= 0.6 is 23.4 Å². The first kappa shape index (κ1) is 23.4. The van der Waals surface area contributed by atoms with E-state index < -0.39 is 0 Å². The molecule has 0 aliphatic heterocycles. The van der Waals surface area contributed by atoms with Gasteiger partial charge in [-0.3, -0.25) is 4.79 Å². The van der Waals surface area contributed by atoms with Crippen LogP contribution in [0.5, 0.6) is 17.2 Å². The molecule has 0 unspecified atom stereocenters. The summed E-state index contributed by atoms with van der Waals surface area (Å²) in [6, 6.07) is 10.8. The number of benzene rings is 2. The first-order valence-electron chi connectivity index (χ1n) is 9.36. The van der Waals surface area contributed by atoms with Crippen molar-refractivity contribution in [1.29, 1.82) is 0 Å². The van der Waals surface area contributed by atoms with Gasteiger partial charge >= 0.3 is 0 Å². The number of amides is 1. The summed E-state index contributed by atoms with van der Waals surface area (Å²) in [5.74, 6) is 1.96. The molecule has 9 nitrogen and oxygen atoms in total. The number of ether oxygens (including phenoxy) is 3. The van der Waals surface area contributed by atoms with Crippen molar-refractivity contribution >= 4 is 35.5 Å². The van der Waals surface area contributed by atoms with Crippen LogP contribution in [-0.4, -0.2) is 54.0 Å². The van der Waals surface area contributed by atoms with E-state index >= 15 is 0 Å². The molecule has 1 amide bonds. The second-order valence-electron chi connectivity index (χ2n) is 6.42. The zero-order valence-electron chi connectivity index (χ0n) is 18.0. The lowest BCUT2D eigenvalue weighted by molar-refractivity contribution is -0.118. The summed E-state index contributed by atoms with van der Waals surface area (Å²) in [4.78, 5) is 12.2. The highest BCUT2D eigenvalue weighted by atomic mass is 35.5. The van der Waals surface area contributed by atoms with Gasteiger partial charge in [-0.05, 0) is 24.3 Å². The fourth-order valence-electron chi connectivity index (χ4n) is 2.84. The highest BCUT2D eigenvalue weighted by molar-refractivity contribution is 7.99. The lowest BCUT2D eigenvalue weighted by Gasteiger charge is -2.12. The number of rotatable bonds is 9. The molecule has 0 radical (unpaired) electrons. The summed E-state index contributed by atoms with van der Waals surface area (Å²) >= 11 is 7.30. The predicted octanol–water partition coefficient (Wildman–Crippen LogP) is 3.40. The van der Waals surface area contributed by atoms with Gasteiger partial charge in [-0.15, -0.1) is 10.2 Å². The average Bonchev–Trinajstić information content (AvgIpc) is 3.17. The number of thioether (sulfide) groups is 1. The van der Waals surface area contributed by atoms with Crippen molar-refractivity contribution < 1.29 is 19.0 Å². The molecular formula is C21H22ClN5O4S. The van der Waals surface area contributed by atoms with Gasteiger partial charge in [0.05, 0.1) is 33.3 Å². The minimum absolute atomic E-state index is 0.119. The molecular weight excluding hydrogens is 454 g/mol. The van der Waals surface area contributed by atoms with Crippen molar-refractivity contribution in [3.8, 4) is 28.6 Å². The Labute approximate surface area is 194 Å². The zero-order chi connectivity index (χ0) is 23.1. The number of carbonyl (C=O) groups is 1. The van der Waals surface area contributed by atoms with Crippen LogP contribution < -0.4 is 19.6 Å². The highest BCUT2D eigenvalue weighted by Gasteiger charge is 2.14. The Kier molecular flexibility index (Phi) is 7.96. The van der Waals surface area contributed by atoms with Gasteiger partial charge in [0.25, 0.3) is 5.91 Å². The van der Waals surface area contributed by atoms with Crippen LogP contribution in [0.2, 0.25) is 5.02 Å². The number of methoxy groups -OCH3 is 3. The molecule has 3 aromatic rings. The molecule has 1 aromatic heterocycles. The largest absolute Gasteiger partial charge is 0.493 e. The quantitative estimate of drug-likeness (QED) is 0.287. The van der Waals surface area contributed by atoms with Crippen molar-refractivity contribution in [2.45, 2.75) is 5.16 Å². The average molecular weight is 476 g/mol. The van der Waals surface area contributed by atoms with E-state index in [0.717, 1.165) is 5.56 Å². The van der Waals surface area contributed by atoms with Crippen LogP contribution in [0, 0.1) is 0 Å². The molecule has 0 aliphatic carbocycles. The maximum absolute atomic E-state index is 12.2. The molecule has 1 N–H and O–H groups in total. The standard InChI is InChI=1S/C21H22ClN5O4S/c1-27-20(14-6-5-7-15(22)10-14)25-26-21(27)32-12-18(28)24-23-11-13-8-16(29-2)19(31-4)17(9-13)30-3/h5-11H,12H2,1-4H3,(H,24,28)/b23-11-. The van der Waals surface area contributed by atoms with Crippen LogP contribution in [0.25, 0.3) is 11.4 Å². The molecule has 32 heavy (non-hydrogen) atoms. The summed E-state index contributed by atoms with van der Waals surface area (Å²) in [7, 11) is 6.42. The molecule has 0 saturated heterocycles. The van der Waals surface area contributed by atoms with Gasteiger partial charge in [-0.1, -0.05) is 35.5 Å². The third-order valence-corrected chi connectivity index (χ3v) is 5.60. The highest BCUT2D eigenvalue weighted by Crippen LogP contribution is 2.37. The first-order valence-corrected chi connectivity index (χ1v) is 10.7. The summed E-state index contributed by atoms with van der Waals surface area (Å²) in [6.07, 6.45) is 1.49. The molecule has 0 saturated carbocycles. The van der Waals surface area contributed by atoms with Crippen LogP contribution in [0.15, 0.2) is 46.7 Å². The van der Waals surface area contributed by atoms with E-state index in [1.807, 2.05) is 29.8 Å². The fourth-order valence-corrected chi connectivity index (χ4v) is 3.73. The molecule has 0 bridgehead atoms. The monoisotopic (exact) mass is 475 g/mol. The topological polar surface area (TPSA) is 99.9 Å². The molecule has 2 aromatic carbocycles. The van der Waals surface area contributed by atoms with Gasteiger partial charge in [0.1, 0.15) is 0 Å². The first-order chi connectivity index (χ1) is 15.5. The van der Waals surface area contributed by atoms with E-state index in [9.17, 15) is 4.79 Å². The molecule has 168 valence electrons. The van der Waals surface area contributed by atoms with E-state index in [1.54, 1.807) is 18.2 Å². The Morgan fingerprint density at radius 1 is 1.16 bits per heavy atom. The lowest BCUT2D eigenvalue weighted by Crippen LogP contribution is -2.19. The van der Waals surface area contributed by atoms with Crippen molar-refractivity contribution in [3.05, 3.63) is 47.0 Å². The Morgan fingerprint density at radius 3 is 2.50 bits per heavy atom. The predicted molar refractivity (Wildman–Crippen MR) is 124 cm³/mol. The Morgan fingerprint density at radius 2 is 1.88 bits per heavy atom. The van der Waals surface area contributed by atoms with Crippen molar-refractivity contribution in [1.82, 2.24) is 20.2 Å². The second kappa shape index (κ2) is 10.9. The van der Waals surface area contributed by atoms with E-state index in [0.29, 0.717) is 38.8 Å². The molecule has 0 atom stereocenters. The van der Waals surface area contributed by atoms with Gasteiger partial charge < -0.3 is 18.8 Å². The number of nitrogens with one attached hydrogen (secondary N) is 1. The molecule has 3 rings (SSSR count). The van der Waals surface area contributed by atoms with Crippen LogP contribution in [-0.2, 0) is 11.8 Å². The third-order valence-electron chi connectivity index (χ3n) is 4.34. The Hall–Kier alpha value is -3.24. The minimum Gasteiger partial charge on any atom is -0.493 e. The molecule has 0 fully saturated rings. The van der Waals surface area contributed by atoms with Crippen molar-refractivity contribution in [2.75, 3.05) is 27.1 Å². The van der Waals surface area contributed by atoms with Gasteiger partial charge in [-0.25, -0.2) is 5.43 Å². The number of hydrazone groups is 1. The van der Waals surface area contributed by atoms with Gasteiger partial charge in [0, 0.05) is 23.2 Å². The van der Waals surface area contributed by atoms with Gasteiger partial charge in [0.15, 0.2) is 22.5 Å². The number of aromatic nitrogens is 3. The van der Waals surface area contributed by atoms with Crippen molar-refractivity contribution in [3.63, 3.8) is 0 Å². The summed E-state index contributed by atoms with van der Waals surface area (Å²) in [5, 5.41) is 13.6. The normalized spacial score (nSPS) is 10.9. The maximum Gasteiger partial charge on any atom is 0.250 e. The lowest BCUT2D eigenvalue weighted by atomic mass is 10.2. The summed E-state index contributed by atoms with van der Waals surface area (Å²) in [5.41, 5.74) is 4.01.